The minimum absolute atomic E-state index is 0.00305. The van der Waals surface area contributed by atoms with Gasteiger partial charge in [0.15, 0.2) is 17.7 Å². The summed E-state index contributed by atoms with van der Waals surface area (Å²) in [6.45, 7) is 3.16. The average Bonchev–Trinajstić information content (AvgIpc) is 2.87. The first-order valence-electron chi connectivity index (χ1n) is 11.6. The molecule has 36 heavy (non-hydrogen) atoms. The summed E-state index contributed by atoms with van der Waals surface area (Å²) in [6.07, 6.45) is 2.02. The molecular formula is C25H28ClFN4O5. The van der Waals surface area contributed by atoms with Crippen LogP contribution in [0.4, 0.5) is 15.9 Å². The Kier molecular flexibility index (Phi) is 8.40. The Morgan fingerprint density at radius 1 is 1.25 bits per heavy atom. The number of esters is 1. The summed E-state index contributed by atoms with van der Waals surface area (Å²) in [7, 11) is 3.16. The van der Waals surface area contributed by atoms with Gasteiger partial charge in [-0.05, 0) is 30.7 Å². The van der Waals surface area contributed by atoms with Gasteiger partial charge in [0, 0.05) is 43.8 Å². The van der Waals surface area contributed by atoms with E-state index < -0.39 is 5.82 Å². The Morgan fingerprint density at radius 2 is 2.08 bits per heavy atom. The van der Waals surface area contributed by atoms with E-state index in [1.54, 1.807) is 32.4 Å². The monoisotopic (exact) mass is 518 g/mol. The third-order valence-corrected chi connectivity index (χ3v) is 6.12. The number of morpholine rings is 1. The maximum Gasteiger partial charge on any atom is 0.320 e. The van der Waals surface area contributed by atoms with Crippen LogP contribution in [0.15, 0.2) is 36.7 Å². The molecule has 1 fully saturated rings. The molecule has 0 radical (unpaired) electrons. The zero-order chi connectivity index (χ0) is 25.7. The predicted molar refractivity (Wildman–Crippen MR) is 133 cm³/mol. The number of halogens is 2. The number of rotatable bonds is 10. The summed E-state index contributed by atoms with van der Waals surface area (Å²) in [5.74, 6) is 0.666. The molecule has 2 unspecified atom stereocenters. The molecule has 4 rings (SSSR count). The van der Waals surface area contributed by atoms with E-state index in [-0.39, 0.29) is 29.9 Å². The number of methoxy groups -OCH3 is 2. The summed E-state index contributed by atoms with van der Waals surface area (Å²) in [6, 6.07) is 7.87. The molecule has 11 heteroatoms. The van der Waals surface area contributed by atoms with Crippen LogP contribution in [0.3, 0.4) is 0 Å². The summed E-state index contributed by atoms with van der Waals surface area (Å²) < 4.78 is 36.1. The van der Waals surface area contributed by atoms with Crippen LogP contribution in [0.25, 0.3) is 10.9 Å². The molecule has 2 heterocycles. The minimum atomic E-state index is -0.504. The van der Waals surface area contributed by atoms with Crippen LogP contribution in [0.2, 0.25) is 5.02 Å². The second-order valence-electron chi connectivity index (χ2n) is 8.30. The molecular weight excluding hydrogens is 491 g/mol. The predicted octanol–water partition coefficient (Wildman–Crippen LogP) is 4.55. The van der Waals surface area contributed by atoms with Crippen LogP contribution < -0.4 is 14.8 Å². The number of anilines is 2. The van der Waals surface area contributed by atoms with Crippen molar-refractivity contribution in [1.29, 1.82) is 0 Å². The van der Waals surface area contributed by atoms with Crippen LogP contribution in [-0.2, 0) is 14.3 Å². The Balaban J connectivity index is 1.59. The molecule has 1 saturated heterocycles. The van der Waals surface area contributed by atoms with Crippen LogP contribution in [0.1, 0.15) is 19.8 Å². The van der Waals surface area contributed by atoms with E-state index in [0.29, 0.717) is 59.9 Å². The van der Waals surface area contributed by atoms with Gasteiger partial charge in [0.05, 0.1) is 24.2 Å². The Morgan fingerprint density at radius 3 is 2.81 bits per heavy atom. The summed E-state index contributed by atoms with van der Waals surface area (Å²) in [4.78, 5) is 22.9. The van der Waals surface area contributed by atoms with E-state index in [4.69, 9.17) is 30.5 Å². The minimum Gasteiger partial charge on any atom is -0.493 e. The lowest BCUT2D eigenvalue weighted by molar-refractivity contribution is -0.166. The molecule has 1 aliphatic rings. The van der Waals surface area contributed by atoms with Crippen molar-refractivity contribution in [2.24, 2.45) is 0 Å². The number of ether oxygens (including phenoxy) is 4. The van der Waals surface area contributed by atoms with Gasteiger partial charge >= 0.3 is 5.97 Å². The van der Waals surface area contributed by atoms with Gasteiger partial charge in [-0.2, -0.15) is 0 Å². The van der Waals surface area contributed by atoms with E-state index in [2.05, 4.69) is 15.3 Å². The highest BCUT2D eigenvalue weighted by atomic mass is 35.5. The fourth-order valence-electron chi connectivity index (χ4n) is 4.06. The highest BCUT2D eigenvalue weighted by Gasteiger charge is 2.32. The molecule has 0 spiro atoms. The summed E-state index contributed by atoms with van der Waals surface area (Å²) in [5.41, 5.74) is 1.19. The van der Waals surface area contributed by atoms with Crippen molar-refractivity contribution < 1.29 is 28.1 Å². The molecule has 192 valence electrons. The van der Waals surface area contributed by atoms with Crippen molar-refractivity contribution in [3.05, 3.63) is 47.5 Å². The number of benzene rings is 2. The second-order valence-corrected chi connectivity index (χ2v) is 8.71. The smallest absolute Gasteiger partial charge is 0.320 e. The first-order valence-corrected chi connectivity index (χ1v) is 11.9. The zero-order valence-electron chi connectivity index (χ0n) is 20.3. The van der Waals surface area contributed by atoms with Crippen molar-refractivity contribution >= 4 is 40.0 Å². The van der Waals surface area contributed by atoms with Crippen LogP contribution in [0, 0.1) is 5.82 Å². The summed E-state index contributed by atoms with van der Waals surface area (Å²) >= 11 is 5.91. The molecule has 9 nitrogen and oxygen atoms in total. The van der Waals surface area contributed by atoms with E-state index >= 15 is 0 Å². The van der Waals surface area contributed by atoms with E-state index in [1.165, 1.54) is 18.5 Å². The van der Waals surface area contributed by atoms with Gasteiger partial charge in [-0.1, -0.05) is 18.5 Å². The number of nitrogens with zero attached hydrogens (tertiary/aromatic N) is 3. The van der Waals surface area contributed by atoms with Crippen LogP contribution in [-0.4, -0.2) is 67.1 Å². The van der Waals surface area contributed by atoms with Gasteiger partial charge in [0.2, 0.25) is 0 Å². The fourth-order valence-corrected chi connectivity index (χ4v) is 4.24. The Labute approximate surface area is 213 Å². The maximum atomic E-state index is 13.5. The van der Waals surface area contributed by atoms with Gasteiger partial charge in [-0.3, -0.25) is 9.69 Å². The van der Waals surface area contributed by atoms with E-state index in [1.807, 2.05) is 11.8 Å². The number of nitrogens with one attached hydrogen (secondary N) is 1. The lowest BCUT2D eigenvalue weighted by Gasteiger charge is -2.37. The maximum absolute atomic E-state index is 13.5. The van der Waals surface area contributed by atoms with E-state index in [9.17, 15) is 9.18 Å². The standard InChI is InChI=1S/C25H28ClFN4O5/c1-4-23(31-12-16(7-8-33-2)35-24(32)13-31)36-22-11-20-17(10-21(22)34-3)25(29-14-28-20)30-15-5-6-19(27)18(26)9-15/h5-6,9-11,14,16,23H,4,7-8,12-13H2,1-3H3,(H,28,29,30). The topological polar surface area (TPSA) is 95.0 Å². The second kappa shape index (κ2) is 11.7. The molecule has 1 N–H and O–H groups in total. The fraction of sp³-hybridized carbons (Fsp3) is 0.400. The van der Waals surface area contributed by atoms with Crippen molar-refractivity contribution in [1.82, 2.24) is 14.9 Å². The van der Waals surface area contributed by atoms with Crippen molar-refractivity contribution in [2.45, 2.75) is 32.1 Å². The largest absolute Gasteiger partial charge is 0.493 e. The number of aromatic nitrogens is 2. The third kappa shape index (κ3) is 5.95. The lowest BCUT2D eigenvalue weighted by atomic mass is 10.2. The number of hydrogen-bond acceptors (Lipinski definition) is 9. The molecule has 2 atom stereocenters. The van der Waals surface area contributed by atoms with Crippen molar-refractivity contribution in [2.75, 3.05) is 39.2 Å². The molecule has 0 bridgehead atoms. The normalized spacial score (nSPS) is 17.0. The van der Waals surface area contributed by atoms with Crippen LogP contribution >= 0.6 is 11.6 Å². The Bertz CT molecular complexity index is 1230. The third-order valence-electron chi connectivity index (χ3n) is 5.83. The molecule has 2 aromatic carbocycles. The molecule has 0 aliphatic carbocycles. The zero-order valence-corrected chi connectivity index (χ0v) is 21.0. The number of fused-ring (bicyclic) bond motifs is 1. The SMILES string of the molecule is CCC(Oc1cc2ncnc(Nc3ccc(F)c(Cl)c3)c2cc1OC)N1CC(=O)OC(CCOC)C1. The quantitative estimate of drug-likeness (QED) is 0.388. The highest BCUT2D eigenvalue weighted by Crippen LogP contribution is 2.36. The highest BCUT2D eigenvalue weighted by molar-refractivity contribution is 6.31. The van der Waals surface area contributed by atoms with E-state index in [0.717, 1.165) is 0 Å². The molecule has 0 saturated carbocycles. The summed E-state index contributed by atoms with van der Waals surface area (Å²) in [5, 5.41) is 3.83. The number of cyclic esters (lactones) is 1. The number of carbonyl (C=O) groups is 1. The lowest BCUT2D eigenvalue weighted by Crippen LogP contribution is -2.51. The first kappa shape index (κ1) is 25.9. The van der Waals surface area contributed by atoms with Crippen molar-refractivity contribution in [3.8, 4) is 11.5 Å². The van der Waals surface area contributed by atoms with Gasteiger partial charge in [-0.15, -0.1) is 0 Å². The molecule has 1 aliphatic heterocycles. The number of carbonyl (C=O) groups excluding carboxylic acids is 1. The molecule has 0 amide bonds. The van der Waals surface area contributed by atoms with Gasteiger partial charge < -0.3 is 24.3 Å². The van der Waals surface area contributed by atoms with Gasteiger partial charge in [0.1, 0.15) is 24.1 Å². The average molecular weight is 519 g/mol. The Hall–Kier alpha value is -3.21. The van der Waals surface area contributed by atoms with Gasteiger partial charge in [0.25, 0.3) is 0 Å². The van der Waals surface area contributed by atoms with Crippen molar-refractivity contribution in [3.63, 3.8) is 0 Å². The van der Waals surface area contributed by atoms with Gasteiger partial charge in [-0.25, -0.2) is 14.4 Å². The van der Waals surface area contributed by atoms with Crippen LogP contribution in [0.5, 0.6) is 11.5 Å². The molecule has 1 aromatic heterocycles. The first-order chi connectivity index (χ1) is 17.4. The molecule has 3 aromatic rings. The number of hydrogen-bond donors (Lipinski definition) is 1.